The van der Waals surface area contributed by atoms with Crippen LogP contribution in [-0.2, 0) is 6.54 Å². The summed E-state index contributed by atoms with van der Waals surface area (Å²) >= 11 is 0. The molecule has 0 atom stereocenters. The summed E-state index contributed by atoms with van der Waals surface area (Å²) in [7, 11) is 1.67. The quantitative estimate of drug-likeness (QED) is 0.396. The van der Waals surface area contributed by atoms with Crippen LogP contribution in [0.25, 0.3) is 0 Å². The molecule has 94 valence electrons. The van der Waals surface area contributed by atoms with Gasteiger partial charge in [0.2, 0.25) is 0 Å². The monoisotopic (exact) mass is 236 g/mol. The Morgan fingerprint density at radius 3 is 2.82 bits per heavy atom. The Labute approximate surface area is 102 Å². The van der Waals surface area contributed by atoms with Crippen LogP contribution < -0.4 is 21.9 Å². The largest absolute Gasteiger partial charge is 0.330 e. The lowest BCUT2D eigenvalue weighted by molar-refractivity contribution is 0.0937. The van der Waals surface area contributed by atoms with E-state index in [0.29, 0.717) is 18.7 Å². The minimum Gasteiger partial charge on any atom is -0.330 e. The summed E-state index contributed by atoms with van der Waals surface area (Å²) in [4.78, 5) is 11.7. The molecule has 0 saturated carbocycles. The van der Waals surface area contributed by atoms with Crippen LogP contribution in [0, 0.1) is 0 Å². The van der Waals surface area contributed by atoms with Crippen LogP contribution in [0.1, 0.15) is 22.3 Å². The van der Waals surface area contributed by atoms with Crippen LogP contribution in [0.5, 0.6) is 0 Å². The van der Waals surface area contributed by atoms with E-state index in [4.69, 9.17) is 5.73 Å². The standard InChI is InChI=1S/C12H20N4O/c1-14-16-12(17)11-6-3-2-5-10(11)9-15-8-4-7-13/h2-3,5-6,14-15H,4,7-9,13H2,1H3,(H,16,17). The van der Waals surface area contributed by atoms with E-state index >= 15 is 0 Å². The van der Waals surface area contributed by atoms with Crippen LogP contribution in [0.4, 0.5) is 0 Å². The molecule has 1 amide bonds. The number of amides is 1. The topological polar surface area (TPSA) is 79.2 Å². The van der Waals surface area contributed by atoms with E-state index in [1.54, 1.807) is 7.05 Å². The van der Waals surface area contributed by atoms with Gasteiger partial charge in [0.15, 0.2) is 0 Å². The van der Waals surface area contributed by atoms with Gasteiger partial charge in [-0.1, -0.05) is 18.2 Å². The molecule has 0 aliphatic carbocycles. The van der Waals surface area contributed by atoms with E-state index in [2.05, 4.69) is 16.2 Å². The van der Waals surface area contributed by atoms with Gasteiger partial charge < -0.3 is 11.1 Å². The molecule has 0 unspecified atom stereocenters. The van der Waals surface area contributed by atoms with Crippen molar-refractivity contribution in [2.24, 2.45) is 5.73 Å². The molecule has 0 radical (unpaired) electrons. The molecule has 5 N–H and O–H groups in total. The normalized spacial score (nSPS) is 10.2. The molecule has 0 heterocycles. The number of hydrogen-bond donors (Lipinski definition) is 4. The SMILES string of the molecule is CNNC(=O)c1ccccc1CNCCCN. The molecule has 0 spiro atoms. The summed E-state index contributed by atoms with van der Waals surface area (Å²) in [6.45, 7) is 2.21. The number of nitrogens with two attached hydrogens (primary N) is 1. The van der Waals surface area contributed by atoms with E-state index in [0.717, 1.165) is 18.5 Å². The summed E-state index contributed by atoms with van der Waals surface area (Å²) in [5.74, 6) is -0.122. The van der Waals surface area contributed by atoms with E-state index in [1.165, 1.54) is 0 Å². The van der Waals surface area contributed by atoms with Gasteiger partial charge in [0.05, 0.1) is 0 Å². The van der Waals surface area contributed by atoms with E-state index in [-0.39, 0.29) is 5.91 Å². The second-order valence-electron chi connectivity index (χ2n) is 3.68. The lowest BCUT2D eigenvalue weighted by Crippen LogP contribution is -2.35. The molecular weight excluding hydrogens is 216 g/mol. The third-order valence-corrected chi connectivity index (χ3v) is 2.37. The third-order valence-electron chi connectivity index (χ3n) is 2.37. The van der Waals surface area contributed by atoms with Crippen LogP contribution in [0.2, 0.25) is 0 Å². The number of hydrazine groups is 1. The molecule has 1 aromatic carbocycles. The molecule has 0 saturated heterocycles. The van der Waals surface area contributed by atoms with Gasteiger partial charge in [-0.05, 0) is 31.1 Å². The highest BCUT2D eigenvalue weighted by Gasteiger charge is 2.08. The first kappa shape index (κ1) is 13.6. The molecule has 5 heteroatoms. The minimum absolute atomic E-state index is 0.122. The fourth-order valence-electron chi connectivity index (χ4n) is 1.53. The maximum atomic E-state index is 11.7. The zero-order valence-electron chi connectivity index (χ0n) is 10.1. The molecule has 1 aromatic rings. The fraction of sp³-hybridized carbons (Fsp3) is 0.417. The molecule has 0 bridgehead atoms. The number of carbonyl (C=O) groups is 1. The highest BCUT2D eigenvalue weighted by Crippen LogP contribution is 2.08. The van der Waals surface area contributed by atoms with Gasteiger partial charge >= 0.3 is 0 Å². The van der Waals surface area contributed by atoms with Crippen molar-refractivity contribution in [1.82, 2.24) is 16.2 Å². The first-order valence-corrected chi connectivity index (χ1v) is 5.75. The van der Waals surface area contributed by atoms with Gasteiger partial charge in [0.25, 0.3) is 5.91 Å². The first-order valence-electron chi connectivity index (χ1n) is 5.75. The third kappa shape index (κ3) is 4.52. The maximum Gasteiger partial charge on any atom is 0.265 e. The predicted molar refractivity (Wildman–Crippen MR) is 68.3 cm³/mol. The summed E-state index contributed by atoms with van der Waals surface area (Å²) in [6.07, 6.45) is 0.935. The molecule has 1 rings (SSSR count). The summed E-state index contributed by atoms with van der Waals surface area (Å²) < 4.78 is 0. The maximum absolute atomic E-state index is 11.7. The van der Waals surface area contributed by atoms with E-state index in [1.807, 2.05) is 24.3 Å². The van der Waals surface area contributed by atoms with Crippen LogP contribution in [0.15, 0.2) is 24.3 Å². The Kier molecular flexibility index (Phi) is 6.24. The van der Waals surface area contributed by atoms with Crippen LogP contribution in [-0.4, -0.2) is 26.0 Å². The average molecular weight is 236 g/mol. The van der Waals surface area contributed by atoms with Gasteiger partial charge in [-0.25, -0.2) is 5.43 Å². The summed E-state index contributed by atoms with van der Waals surface area (Å²) in [6, 6.07) is 7.54. The molecular formula is C12H20N4O. The molecule has 0 fully saturated rings. The van der Waals surface area contributed by atoms with Crippen molar-refractivity contribution in [3.63, 3.8) is 0 Å². The van der Waals surface area contributed by atoms with Gasteiger partial charge in [0.1, 0.15) is 0 Å². The first-order chi connectivity index (χ1) is 8.29. The van der Waals surface area contributed by atoms with Crippen molar-refractivity contribution >= 4 is 5.91 Å². The lowest BCUT2D eigenvalue weighted by atomic mass is 10.1. The van der Waals surface area contributed by atoms with Gasteiger partial charge in [-0.3, -0.25) is 10.2 Å². The molecule has 0 aliphatic rings. The molecule has 5 nitrogen and oxygen atoms in total. The Bertz CT molecular complexity index is 354. The second kappa shape index (κ2) is 7.78. The van der Waals surface area contributed by atoms with Crippen molar-refractivity contribution in [2.75, 3.05) is 20.1 Å². The minimum atomic E-state index is -0.122. The predicted octanol–water partition coefficient (Wildman–Crippen LogP) is -0.0108. The average Bonchev–Trinajstić information content (AvgIpc) is 2.35. The summed E-state index contributed by atoms with van der Waals surface area (Å²) in [5.41, 5.74) is 12.3. The van der Waals surface area contributed by atoms with Crippen molar-refractivity contribution in [1.29, 1.82) is 0 Å². The number of carbonyl (C=O) groups excluding carboxylic acids is 1. The summed E-state index contributed by atoms with van der Waals surface area (Å²) in [5, 5.41) is 3.26. The Morgan fingerprint density at radius 2 is 2.12 bits per heavy atom. The highest BCUT2D eigenvalue weighted by atomic mass is 16.2. The smallest absolute Gasteiger partial charge is 0.265 e. The Hall–Kier alpha value is -1.43. The van der Waals surface area contributed by atoms with Crippen LogP contribution >= 0.6 is 0 Å². The number of hydrogen-bond acceptors (Lipinski definition) is 4. The Morgan fingerprint density at radius 1 is 1.35 bits per heavy atom. The molecule has 0 aromatic heterocycles. The second-order valence-corrected chi connectivity index (χ2v) is 3.68. The molecule has 0 aliphatic heterocycles. The van der Waals surface area contributed by atoms with E-state index < -0.39 is 0 Å². The van der Waals surface area contributed by atoms with Crippen LogP contribution in [0.3, 0.4) is 0 Å². The number of benzene rings is 1. The van der Waals surface area contributed by atoms with Crippen molar-refractivity contribution in [3.05, 3.63) is 35.4 Å². The zero-order chi connectivity index (χ0) is 12.5. The van der Waals surface area contributed by atoms with E-state index in [9.17, 15) is 4.79 Å². The molecule has 17 heavy (non-hydrogen) atoms. The zero-order valence-corrected chi connectivity index (χ0v) is 10.1. The lowest BCUT2D eigenvalue weighted by Gasteiger charge is -2.10. The van der Waals surface area contributed by atoms with Gasteiger partial charge in [0, 0.05) is 19.2 Å². The highest BCUT2D eigenvalue weighted by molar-refractivity contribution is 5.95. The Balaban J connectivity index is 2.61. The number of nitrogens with one attached hydrogen (secondary N) is 3. The fourth-order valence-corrected chi connectivity index (χ4v) is 1.53. The van der Waals surface area contributed by atoms with Crippen molar-refractivity contribution in [2.45, 2.75) is 13.0 Å². The van der Waals surface area contributed by atoms with Gasteiger partial charge in [-0.15, -0.1) is 0 Å². The van der Waals surface area contributed by atoms with Gasteiger partial charge in [-0.2, -0.15) is 0 Å². The van der Waals surface area contributed by atoms with Crippen molar-refractivity contribution in [3.8, 4) is 0 Å². The van der Waals surface area contributed by atoms with Crippen molar-refractivity contribution < 1.29 is 4.79 Å². The number of rotatable bonds is 7.